The molecule has 1 rings (SSSR count). The molecule has 0 fully saturated rings. The molecule has 22 heavy (non-hydrogen) atoms. The minimum absolute atomic E-state index is 0.309. The van der Waals surface area contributed by atoms with Crippen LogP contribution in [0.4, 0.5) is 13.2 Å². The second-order valence-electron chi connectivity index (χ2n) is 5.48. The van der Waals surface area contributed by atoms with E-state index in [2.05, 4.69) is 10.4 Å². The Labute approximate surface area is 128 Å². The van der Waals surface area contributed by atoms with E-state index in [0.717, 1.165) is 11.1 Å². The highest BCUT2D eigenvalue weighted by atomic mass is 19.4. The van der Waals surface area contributed by atoms with Crippen molar-refractivity contribution in [2.45, 2.75) is 65.3 Å². The second kappa shape index (κ2) is 7.13. The molecule has 1 aromatic heterocycles. The fourth-order valence-electron chi connectivity index (χ4n) is 2.50. The minimum atomic E-state index is -4.34. The molecule has 0 radical (unpaired) electrons. The lowest BCUT2D eigenvalue weighted by Crippen LogP contribution is -2.41. The third kappa shape index (κ3) is 4.72. The number of rotatable bonds is 6. The fourth-order valence-corrected chi connectivity index (χ4v) is 2.50. The molecule has 2 atom stereocenters. The zero-order chi connectivity index (χ0) is 17.1. The molecule has 0 bridgehead atoms. The Hall–Kier alpha value is -1.57. The van der Waals surface area contributed by atoms with Crippen molar-refractivity contribution in [1.82, 2.24) is 15.1 Å². The summed E-state index contributed by atoms with van der Waals surface area (Å²) < 4.78 is 38.5. The number of hydrogen-bond donors (Lipinski definition) is 2. The van der Waals surface area contributed by atoms with Gasteiger partial charge in [-0.25, -0.2) is 0 Å². The first-order valence-corrected chi connectivity index (χ1v) is 7.23. The molecule has 0 saturated carbocycles. The summed E-state index contributed by atoms with van der Waals surface area (Å²) in [6.07, 6.45) is -3.00. The highest BCUT2D eigenvalue weighted by Gasteiger charge is 2.31. The van der Waals surface area contributed by atoms with E-state index < -0.39 is 24.8 Å². The predicted octanol–water partition coefficient (Wildman–Crippen LogP) is 2.37. The van der Waals surface area contributed by atoms with Gasteiger partial charge in [0.25, 0.3) is 0 Å². The van der Waals surface area contributed by atoms with E-state index in [0.29, 0.717) is 23.4 Å². The standard InChI is InChI=1S/C14H23F3N4O/c1-5-6-11(18)13(22)19-8(2)12-9(3)20-21(10(12)4)7-14(15,16)17/h8,11H,5-7,18H2,1-4H3,(H,19,22). The van der Waals surface area contributed by atoms with E-state index in [1.807, 2.05) is 6.92 Å². The van der Waals surface area contributed by atoms with Crippen LogP contribution in [0.3, 0.4) is 0 Å². The summed E-state index contributed by atoms with van der Waals surface area (Å²) >= 11 is 0. The summed E-state index contributed by atoms with van der Waals surface area (Å²) in [5, 5.41) is 6.66. The van der Waals surface area contributed by atoms with Crippen LogP contribution in [0.2, 0.25) is 0 Å². The normalized spacial score (nSPS) is 14.7. The van der Waals surface area contributed by atoms with Crippen molar-refractivity contribution in [3.05, 3.63) is 17.0 Å². The van der Waals surface area contributed by atoms with Gasteiger partial charge in [-0.1, -0.05) is 13.3 Å². The van der Waals surface area contributed by atoms with E-state index in [9.17, 15) is 18.0 Å². The SMILES string of the molecule is CCCC(N)C(=O)NC(C)c1c(C)nn(CC(F)(F)F)c1C. The van der Waals surface area contributed by atoms with E-state index in [1.54, 1.807) is 20.8 Å². The molecule has 1 heterocycles. The van der Waals surface area contributed by atoms with Gasteiger partial charge < -0.3 is 11.1 Å². The third-order valence-corrected chi connectivity index (χ3v) is 3.49. The minimum Gasteiger partial charge on any atom is -0.348 e. The third-order valence-electron chi connectivity index (χ3n) is 3.49. The number of halogens is 3. The summed E-state index contributed by atoms with van der Waals surface area (Å²) in [7, 11) is 0. The number of alkyl halides is 3. The van der Waals surface area contributed by atoms with Crippen molar-refractivity contribution in [2.75, 3.05) is 0 Å². The number of aryl methyl sites for hydroxylation is 1. The molecule has 3 N–H and O–H groups in total. The molecule has 1 aromatic rings. The Morgan fingerprint density at radius 3 is 2.50 bits per heavy atom. The zero-order valence-corrected chi connectivity index (χ0v) is 13.3. The molecule has 0 spiro atoms. The number of carbonyl (C=O) groups is 1. The molecule has 0 saturated heterocycles. The van der Waals surface area contributed by atoms with Gasteiger partial charge in [-0.3, -0.25) is 9.48 Å². The molecule has 1 amide bonds. The van der Waals surface area contributed by atoms with Crippen molar-refractivity contribution < 1.29 is 18.0 Å². The van der Waals surface area contributed by atoms with Crippen LogP contribution < -0.4 is 11.1 Å². The fraction of sp³-hybridized carbons (Fsp3) is 0.714. The van der Waals surface area contributed by atoms with Crippen LogP contribution in [0, 0.1) is 13.8 Å². The molecule has 0 aliphatic carbocycles. The maximum absolute atomic E-state index is 12.5. The van der Waals surface area contributed by atoms with Crippen LogP contribution in [-0.2, 0) is 11.3 Å². The molecule has 0 aromatic carbocycles. The van der Waals surface area contributed by atoms with Gasteiger partial charge in [0.05, 0.1) is 17.8 Å². The number of aromatic nitrogens is 2. The van der Waals surface area contributed by atoms with Gasteiger partial charge in [-0.05, 0) is 27.2 Å². The number of nitrogens with two attached hydrogens (primary N) is 1. The van der Waals surface area contributed by atoms with Crippen molar-refractivity contribution in [1.29, 1.82) is 0 Å². The van der Waals surface area contributed by atoms with Gasteiger partial charge in [0, 0.05) is 11.3 Å². The number of amides is 1. The Kier molecular flexibility index (Phi) is 5.99. The summed E-state index contributed by atoms with van der Waals surface area (Å²) in [4.78, 5) is 11.9. The largest absolute Gasteiger partial charge is 0.408 e. The van der Waals surface area contributed by atoms with E-state index in [4.69, 9.17) is 5.73 Å². The van der Waals surface area contributed by atoms with Crippen molar-refractivity contribution in [3.63, 3.8) is 0 Å². The quantitative estimate of drug-likeness (QED) is 0.845. The van der Waals surface area contributed by atoms with Crippen molar-refractivity contribution >= 4 is 5.91 Å². The summed E-state index contributed by atoms with van der Waals surface area (Å²) in [5.41, 5.74) is 7.20. The van der Waals surface area contributed by atoms with Crippen LogP contribution in [0.1, 0.15) is 49.7 Å². The molecule has 2 unspecified atom stereocenters. The summed E-state index contributed by atoms with van der Waals surface area (Å²) in [5.74, 6) is -0.309. The van der Waals surface area contributed by atoms with E-state index in [-0.39, 0.29) is 5.91 Å². The van der Waals surface area contributed by atoms with Crippen LogP contribution in [-0.4, -0.2) is 27.9 Å². The Balaban J connectivity index is 2.90. The molecular formula is C14H23F3N4O. The lowest BCUT2D eigenvalue weighted by molar-refractivity contribution is -0.143. The Morgan fingerprint density at radius 1 is 1.41 bits per heavy atom. The molecular weight excluding hydrogens is 297 g/mol. The summed E-state index contributed by atoms with van der Waals surface area (Å²) in [6.45, 7) is 5.69. The average Bonchev–Trinajstić information content (AvgIpc) is 2.62. The number of nitrogens with one attached hydrogen (secondary N) is 1. The smallest absolute Gasteiger partial charge is 0.348 e. The number of hydrogen-bond acceptors (Lipinski definition) is 3. The first-order chi connectivity index (χ1) is 10.1. The molecule has 8 heteroatoms. The lowest BCUT2D eigenvalue weighted by atomic mass is 10.1. The van der Waals surface area contributed by atoms with Crippen molar-refractivity contribution in [3.8, 4) is 0 Å². The Morgan fingerprint density at radius 2 is 2.00 bits per heavy atom. The average molecular weight is 320 g/mol. The van der Waals surface area contributed by atoms with Crippen LogP contribution in [0.15, 0.2) is 0 Å². The molecule has 126 valence electrons. The second-order valence-corrected chi connectivity index (χ2v) is 5.48. The van der Waals surface area contributed by atoms with Crippen LogP contribution in [0.25, 0.3) is 0 Å². The molecule has 5 nitrogen and oxygen atoms in total. The topological polar surface area (TPSA) is 72.9 Å². The highest BCUT2D eigenvalue weighted by Crippen LogP contribution is 2.25. The first kappa shape index (κ1) is 18.5. The lowest BCUT2D eigenvalue weighted by Gasteiger charge is -2.18. The van der Waals surface area contributed by atoms with Gasteiger partial charge in [0.1, 0.15) is 6.54 Å². The van der Waals surface area contributed by atoms with Crippen LogP contribution >= 0.6 is 0 Å². The van der Waals surface area contributed by atoms with Gasteiger partial charge in [0.2, 0.25) is 5.91 Å². The van der Waals surface area contributed by atoms with Gasteiger partial charge in [-0.2, -0.15) is 18.3 Å². The van der Waals surface area contributed by atoms with Crippen LogP contribution in [0.5, 0.6) is 0 Å². The van der Waals surface area contributed by atoms with Gasteiger partial charge >= 0.3 is 6.18 Å². The number of carbonyl (C=O) groups excluding carboxylic acids is 1. The molecule has 0 aliphatic rings. The van der Waals surface area contributed by atoms with Gasteiger partial charge in [0.15, 0.2) is 0 Å². The maximum Gasteiger partial charge on any atom is 0.408 e. The monoisotopic (exact) mass is 320 g/mol. The predicted molar refractivity (Wildman–Crippen MR) is 77.2 cm³/mol. The molecule has 0 aliphatic heterocycles. The van der Waals surface area contributed by atoms with E-state index >= 15 is 0 Å². The number of nitrogens with zero attached hydrogens (tertiary/aromatic N) is 2. The van der Waals surface area contributed by atoms with Crippen molar-refractivity contribution in [2.24, 2.45) is 5.73 Å². The zero-order valence-electron chi connectivity index (χ0n) is 13.3. The maximum atomic E-state index is 12.5. The Bertz CT molecular complexity index is 525. The summed E-state index contributed by atoms with van der Waals surface area (Å²) in [6, 6.07) is -1.06. The first-order valence-electron chi connectivity index (χ1n) is 7.23. The van der Waals surface area contributed by atoms with E-state index in [1.165, 1.54) is 0 Å². The van der Waals surface area contributed by atoms with Gasteiger partial charge in [-0.15, -0.1) is 0 Å². The highest BCUT2D eigenvalue weighted by molar-refractivity contribution is 5.81.